The number of nitrogens with zero attached hydrogens (tertiary/aromatic N) is 3. The third-order valence-corrected chi connectivity index (χ3v) is 3.95. The van der Waals surface area contributed by atoms with Crippen LogP contribution in [0, 0.1) is 0 Å². The standard InChI is InChI=1S/C13H26N4O/c1-13(2,17-6-8-18-9-7-17)10-15-12(14)16(3)11-4-5-11/h11H,4-10H2,1-3H3,(H2,14,15). The molecule has 104 valence electrons. The highest BCUT2D eigenvalue weighted by molar-refractivity contribution is 5.78. The fraction of sp³-hybridized carbons (Fsp3) is 0.923. The molecule has 0 amide bonds. The second-order valence-electron chi connectivity index (χ2n) is 5.93. The van der Waals surface area contributed by atoms with Crippen molar-refractivity contribution in [3.63, 3.8) is 0 Å². The molecule has 0 aromatic carbocycles. The lowest BCUT2D eigenvalue weighted by molar-refractivity contribution is -0.00687. The van der Waals surface area contributed by atoms with Crippen LogP contribution in [0.2, 0.25) is 0 Å². The van der Waals surface area contributed by atoms with Crippen molar-refractivity contribution in [3.05, 3.63) is 0 Å². The summed E-state index contributed by atoms with van der Waals surface area (Å²) >= 11 is 0. The van der Waals surface area contributed by atoms with E-state index in [1.54, 1.807) is 0 Å². The van der Waals surface area contributed by atoms with Gasteiger partial charge in [-0.05, 0) is 26.7 Å². The van der Waals surface area contributed by atoms with Crippen molar-refractivity contribution in [2.24, 2.45) is 10.7 Å². The zero-order valence-corrected chi connectivity index (χ0v) is 11.9. The topological polar surface area (TPSA) is 54.1 Å². The third-order valence-electron chi connectivity index (χ3n) is 3.95. The van der Waals surface area contributed by atoms with Gasteiger partial charge in [0.15, 0.2) is 5.96 Å². The van der Waals surface area contributed by atoms with Gasteiger partial charge in [-0.2, -0.15) is 0 Å². The van der Waals surface area contributed by atoms with Gasteiger partial charge in [-0.25, -0.2) is 0 Å². The second-order valence-corrected chi connectivity index (χ2v) is 5.93. The molecule has 1 aliphatic heterocycles. The summed E-state index contributed by atoms with van der Waals surface area (Å²) in [6.07, 6.45) is 2.50. The Labute approximate surface area is 110 Å². The van der Waals surface area contributed by atoms with E-state index in [4.69, 9.17) is 10.5 Å². The van der Waals surface area contributed by atoms with E-state index in [9.17, 15) is 0 Å². The highest BCUT2D eigenvalue weighted by atomic mass is 16.5. The first-order chi connectivity index (χ1) is 8.50. The SMILES string of the molecule is CN(C(N)=NCC(C)(C)N1CCOCC1)C1CC1. The average Bonchev–Trinajstić information content (AvgIpc) is 3.20. The van der Waals surface area contributed by atoms with Crippen LogP contribution in [0.4, 0.5) is 0 Å². The van der Waals surface area contributed by atoms with Crippen molar-refractivity contribution in [3.8, 4) is 0 Å². The van der Waals surface area contributed by atoms with E-state index in [1.807, 2.05) is 7.05 Å². The largest absolute Gasteiger partial charge is 0.379 e. The van der Waals surface area contributed by atoms with E-state index < -0.39 is 0 Å². The van der Waals surface area contributed by atoms with Crippen LogP contribution in [-0.2, 0) is 4.74 Å². The maximum atomic E-state index is 6.03. The lowest BCUT2D eigenvalue weighted by Crippen LogP contribution is -2.52. The van der Waals surface area contributed by atoms with Gasteiger partial charge in [0.1, 0.15) is 0 Å². The van der Waals surface area contributed by atoms with E-state index >= 15 is 0 Å². The highest BCUT2D eigenvalue weighted by Crippen LogP contribution is 2.25. The Kier molecular flexibility index (Phi) is 4.12. The molecule has 0 aromatic rings. The molecule has 1 aliphatic carbocycles. The summed E-state index contributed by atoms with van der Waals surface area (Å²) in [5, 5.41) is 0. The normalized spacial score (nSPS) is 23.2. The van der Waals surface area contributed by atoms with E-state index in [1.165, 1.54) is 12.8 Å². The van der Waals surface area contributed by atoms with Gasteiger partial charge in [0, 0.05) is 31.7 Å². The molecule has 18 heavy (non-hydrogen) atoms. The van der Waals surface area contributed by atoms with Crippen molar-refractivity contribution in [1.82, 2.24) is 9.80 Å². The van der Waals surface area contributed by atoms with Gasteiger partial charge in [-0.3, -0.25) is 9.89 Å². The minimum absolute atomic E-state index is 0.0544. The number of guanidine groups is 1. The van der Waals surface area contributed by atoms with Crippen molar-refractivity contribution in [1.29, 1.82) is 0 Å². The van der Waals surface area contributed by atoms with Gasteiger partial charge in [0.05, 0.1) is 19.8 Å². The molecule has 0 spiro atoms. The molecule has 1 heterocycles. The molecule has 2 rings (SSSR count). The molecule has 0 bridgehead atoms. The fourth-order valence-corrected chi connectivity index (χ4v) is 2.30. The van der Waals surface area contributed by atoms with Gasteiger partial charge in [0.2, 0.25) is 0 Å². The molecule has 2 fully saturated rings. The van der Waals surface area contributed by atoms with E-state index in [-0.39, 0.29) is 5.54 Å². The third kappa shape index (κ3) is 3.36. The monoisotopic (exact) mass is 254 g/mol. The predicted molar refractivity (Wildman–Crippen MR) is 73.7 cm³/mol. The summed E-state index contributed by atoms with van der Waals surface area (Å²) in [4.78, 5) is 9.11. The van der Waals surface area contributed by atoms with E-state index in [2.05, 4.69) is 28.6 Å². The van der Waals surface area contributed by atoms with Gasteiger partial charge in [0.25, 0.3) is 0 Å². The molecule has 1 saturated heterocycles. The summed E-state index contributed by atoms with van der Waals surface area (Å²) in [6, 6.07) is 0.625. The molecular weight excluding hydrogens is 228 g/mol. The number of hydrogen-bond donors (Lipinski definition) is 1. The molecule has 0 atom stereocenters. The summed E-state index contributed by atoms with van der Waals surface area (Å²) in [7, 11) is 2.04. The van der Waals surface area contributed by atoms with Crippen LogP contribution in [0.3, 0.4) is 0 Å². The Morgan fingerprint density at radius 1 is 1.39 bits per heavy atom. The molecule has 0 unspecified atom stereocenters. The Morgan fingerprint density at radius 3 is 2.56 bits per heavy atom. The summed E-state index contributed by atoms with van der Waals surface area (Å²) in [5.74, 6) is 0.679. The minimum Gasteiger partial charge on any atom is -0.379 e. The van der Waals surface area contributed by atoms with Crippen LogP contribution in [0.5, 0.6) is 0 Å². The van der Waals surface area contributed by atoms with E-state index in [0.717, 1.165) is 32.8 Å². The quantitative estimate of drug-likeness (QED) is 0.586. The van der Waals surface area contributed by atoms with Crippen LogP contribution in [0.1, 0.15) is 26.7 Å². The van der Waals surface area contributed by atoms with Gasteiger partial charge in [-0.15, -0.1) is 0 Å². The smallest absolute Gasteiger partial charge is 0.191 e. The van der Waals surface area contributed by atoms with Crippen molar-refractivity contribution in [2.45, 2.75) is 38.3 Å². The van der Waals surface area contributed by atoms with Crippen molar-refractivity contribution < 1.29 is 4.74 Å². The van der Waals surface area contributed by atoms with Crippen molar-refractivity contribution in [2.75, 3.05) is 39.9 Å². The van der Waals surface area contributed by atoms with Crippen LogP contribution >= 0.6 is 0 Å². The van der Waals surface area contributed by atoms with Crippen LogP contribution in [0.15, 0.2) is 4.99 Å². The average molecular weight is 254 g/mol. The lowest BCUT2D eigenvalue weighted by atomic mass is 10.0. The van der Waals surface area contributed by atoms with Crippen LogP contribution in [-0.4, -0.2) is 67.2 Å². The number of nitrogens with two attached hydrogens (primary N) is 1. The summed E-state index contributed by atoms with van der Waals surface area (Å²) in [5.41, 5.74) is 6.08. The van der Waals surface area contributed by atoms with Gasteiger partial charge in [-0.1, -0.05) is 0 Å². The fourth-order valence-electron chi connectivity index (χ4n) is 2.30. The molecule has 0 radical (unpaired) electrons. The molecule has 5 nitrogen and oxygen atoms in total. The zero-order chi connectivity index (χ0) is 13.2. The first kappa shape index (κ1) is 13.6. The number of ether oxygens (including phenoxy) is 1. The second kappa shape index (κ2) is 5.45. The Balaban J connectivity index is 1.87. The van der Waals surface area contributed by atoms with Crippen molar-refractivity contribution >= 4 is 5.96 Å². The van der Waals surface area contributed by atoms with Crippen LogP contribution < -0.4 is 5.73 Å². The van der Waals surface area contributed by atoms with Gasteiger partial charge >= 0.3 is 0 Å². The number of hydrogen-bond acceptors (Lipinski definition) is 3. The highest BCUT2D eigenvalue weighted by Gasteiger charge is 2.30. The van der Waals surface area contributed by atoms with Gasteiger partial charge < -0.3 is 15.4 Å². The minimum atomic E-state index is 0.0544. The Bertz CT molecular complexity index is 306. The molecule has 2 aliphatic rings. The molecule has 0 aromatic heterocycles. The first-order valence-electron chi connectivity index (χ1n) is 6.86. The number of aliphatic imine (C=N–C) groups is 1. The Hall–Kier alpha value is -0.810. The molecule has 2 N–H and O–H groups in total. The maximum absolute atomic E-state index is 6.03. The zero-order valence-electron chi connectivity index (χ0n) is 11.9. The lowest BCUT2D eigenvalue weighted by Gasteiger charge is -2.40. The maximum Gasteiger partial charge on any atom is 0.191 e. The summed E-state index contributed by atoms with van der Waals surface area (Å²) in [6.45, 7) is 8.82. The molecule has 1 saturated carbocycles. The molecule has 5 heteroatoms. The number of rotatable bonds is 4. The van der Waals surface area contributed by atoms with Crippen LogP contribution in [0.25, 0.3) is 0 Å². The molecular formula is C13H26N4O. The van der Waals surface area contributed by atoms with E-state index in [0.29, 0.717) is 12.0 Å². The number of morpholine rings is 1. The first-order valence-corrected chi connectivity index (χ1v) is 6.86. The summed E-state index contributed by atoms with van der Waals surface area (Å²) < 4.78 is 5.39. The Morgan fingerprint density at radius 2 is 2.00 bits per heavy atom. The predicted octanol–water partition coefficient (Wildman–Crippen LogP) is 0.506.